The quantitative estimate of drug-likeness (QED) is 0.352. The van der Waals surface area contributed by atoms with Crippen molar-refractivity contribution in [3.8, 4) is 0 Å². The first kappa shape index (κ1) is 18.6. The first-order valence-corrected chi connectivity index (χ1v) is 8.40. The molecule has 1 amide bonds. The van der Waals surface area contributed by atoms with Crippen LogP contribution in [0, 0.1) is 15.9 Å². The summed E-state index contributed by atoms with van der Waals surface area (Å²) in [6.07, 6.45) is 0.263. The van der Waals surface area contributed by atoms with Gasteiger partial charge in [0.1, 0.15) is 5.82 Å². The number of carbonyl (C=O) groups is 1. The van der Waals surface area contributed by atoms with Gasteiger partial charge in [0.2, 0.25) is 5.91 Å². The van der Waals surface area contributed by atoms with Crippen molar-refractivity contribution in [3.05, 3.63) is 70.0 Å². The monoisotopic (exact) mass is 361 g/mol. The van der Waals surface area contributed by atoms with Crippen molar-refractivity contribution in [1.29, 1.82) is 0 Å². The lowest BCUT2D eigenvalue weighted by Gasteiger charge is -2.03. The Bertz CT molecular complexity index is 777. The summed E-state index contributed by atoms with van der Waals surface area (Å²) in [4.78, 5) is 22.8. The number of nitro groups is 1. The summed E-state index contributed by atoms with van der Waals surface area (Å²) >= 11 is 1.45. The van der Waals surface area contributed by atoms with Gasteiger partial charge in [0, 0.05) is 29.2 Å². The Morgan fingerprint density at radius 2 is 1.84 bits per heavy atom. The Kier molecular flexibility index (Phi) is 6.64. The summed E-state index contributed by atoms with van der Waals surface area (Å²) < 4.78 is 12.8. The fraction of sp³-hybridized carbons (Fsp3) is 0.176. The van der Waals surface area contributed by atoms with Crippen LogP contribution in [-0.4, -0.2) is 22.3 Å². The number of nitro benzene ring substituents is 1. The van der Waals surface area contributed by atoms with Crippen LogP contribution in [0.2, 0.25) is 0 Å². The highest BCUT2D eigenvalue weighted by molar-refractivity contribution is 7.99. The molecule has 0 unspecified atom stereocenters. The van der Waals surface area contributed by atoms with Crippen LogP contribution in [0.5, 0.6) is 0 Å². The Balaban J connectivity index is 1.80. The maximum absolute atomic E-state index is 12.8. The van der Waals surface area contributed by atoms with Gasteiger partial charge in [-0.25, -0.2) is 9.82 Å². The maximum atomic E-state index is 12.8. The maximum Gasteiger partial charge on any atom is 0.269 e. The van der Waals surface area contributed by atoms with Crippen LogP contribution in [0.25, 0.3) is 0 Å². The number of carbonyl (C=O) groups excluding carboxylic acids is 1. The molecule has 6 nitrogen and oxygen atoms in total. The molecule has 2 rings (SSSR count). The third kappa shape index (κ3) is 6.00. The lowest BCUT2D eigenvalue weighted by atomic mass is 10.1. The summed E-state index contributed by atoms with van der Waals surface area (Å²) in [6, 6.07) is 12.0. The van der Waals surface area contributed by atoms with E-state index in [0.29, 0.717) is 17.0 Å². The Morgan fingerprint density at radius 3 is 2.44 bits per heavy atom. The van der Waals surface area contributed by atoms with Crippen LogP contribution in [-0.2, 0) is 4.79 Å². The molecule has 0 radical (unpaired) electrons. The van der Waals surface area contributed by atoms with Gasteiger partial charge in [-0.2, -0.15) is 5.10 Å². The number of nitrogens with one attached hydrogen (secondary N) is 1. The smallest absolute Gasteiger partial charge is 0.269 e. The van der Waals surface area contributed by atoms with Crippen molar-refractivity contribution in [1.82, 2.24) is 5.43 Å². The summed E-state index contributed by atoms with van der Waals surface area (Å²) in [5.41, 5.74) is 3.69. The van der Waals surface area contributed by atoms with Gasteiger partial charge in [-0.3, -0.25) is 14.9 Å². The summed E-state index contributed by atoms with van der Waals surface area (Å²) in [6.45, 7) is 1.70. The van der Waals surface area contributed by atoms with Gasteiger partial charge in [0.05, 0.1) is 10.6 Å². The Hall–Kier alpha value is -2.74. The standard InChI is InChI=1S/C17H16FN3O3S/c1-12(13-2-6-15(7-3-13)21(23)24)19-20-17(22)10-11-25-16-8-4-14(18)5-9-16/h2-9H,10-11H2,1H3,(H,20,22)/b19-12-. The molecule has 0 saturated heterocycles. The highest BCUT2D eigenvalue weighted by Crippen LogP contribution is 2.18. The van der Waals surface area contributed by atoms with Gasteiger partial charge in [-0.15, -0.1) is 11.8 Å². The second-order valence-electron chi connectivity index (χ2n) is 5.09. The predicted octanol–water partition coefficient (Wildman–Crippen LogP) is 3.76. The highest BCUT2D eigenvalue weighted by Gasteiger charge is 2.06. The fourth-order valence-corrected chi connectivity index (χ4v) is 2.74. The van der Waals surface area contributed by atoms with Crippen LogP contribution in [0.15, 0.2) is 58.5 Å². The highest BCUT2D eigenvalue weighted by atomic mass is 32.2. The number of amides is 1. The molecule has 0 heterocycles. The first-order valence-electron chi connectivity index (χ1n) is 7.42. The van der Waals surface area contributed by atoms with Gasteiger partial charge < -0.3 is 0 Å². The van der Waals surface area contributed by atoms with E-state index in [1.807, 2.05) is 0 Å². The normalized spacial score (nSPS) is 11.2. The van der Waals surface area contributed by atoms with E-state index in [4.69, 9.17) is 0 Å². The number of nitrogens with zero attached hydrogens (tertiary/aromatic N) is 2. The summed E-state index contributed by atoms with van der Waals surface area (Å²) in [5, 5.41) is 14.6. The van der Waals surface area contributed by atoms with Crippen molar-refractivity contribution in [3.63, 3.8) is 0 Å². The van der Waals surface area contributed by atoms with Crippen LogP contribution >= 0.6 is 11.8 Å². The van der Waals surface area contributed by atoms with E-state index in [0.717, 1.165) is 4.90 Å². The Labute approximate surface area is 148 Å². The van der Waals surface area contributed by atoms with Crippen LogP contribution in [0.3, 0.4) is 0 Å². The van der Waals surface area contributed by atoms with Gasteiger partial charge in [0.25, 0.3) is 5.69 Å². The molecular formula is C17H16FN3O3S. The lowest BCUT2D eigenvalue weighted by molar-refractivity contribution is -0.384. The minimum Gasteiger partial charge on any atom is -0.273 e. The first-order chi connectivity index (χ1) is 12.0. The molecular weight excluding hydrogens is 345 g/mol. The minimum absolute atomic E-state index is 0.00148. The molecule has 25 heavy (non-hydrogen) atoms. The average molecular weight is 361 g/mol. The lowest BCUT2D eigenvalue weighted by Crippen LogP contribution is -2.19. The van der Waals surface area contributed by atoms with Crippen LogP contribution in [0.4, 0.5) is 10.1 Å². The molecule has 2 aromatic carbocycles. The molecule has 130 valence electrons. The number of rotatable bonds is 7. The predicted molar refractivity (Wildman–Crippen MR) is 95.2 cm³/mol. The molecule has 0 atom stereocenters. The van der Waals surface area contributed by atoms with E-state index in [1.54, 1.807) is 31.2 Å². The number of hydrogen-bond donors (Lipinski definition) is 1. The van der Waals surface area contributed by atoms with Crippen molar-refractivity contribution >= 4 is 29.1 Å². The third-order valence-electron chi connectivity index (χ3n) is 3.26. The third-order valence-corrected chi connectivity index (χ3v) is 4.27. The second-order valence-corrected chi connectivity index (χ2v) is 6.26. The van der Waals surface area contributed by atoms with Gasteiger partial charge in [-0.1, -0.05) is 0 Å². The van der Waals surface area contributed by atoms with E-state index in [2.05, 4.69) is 10.5 Å². The zero-order chi connectivity index (χ0) is 18.2. The number of non-ortho nitro benzene ring substituents is 1. The van der Waals surface area contributed by atoms with E-state index in [1.165, 1.54) is 36.0 Å². The minimum atomic E-state index is -0.475. The van der Waals surface area contributed by atoms with Crippen molar-refractivity contribution < 1.29 is 14.1 Å². The number of hydrazone groups is 1. The molecule has 0 spiro atoms. The topological polar surface area (TPSA) is 84.6 Å². The molecule has 0 aliphatic heterocycles. The number of benzene rings is 2. The molecule has 2 aromatic rings. The summed E-state index contributed by atoms with van der Waals surface area (Å²) in [7, 11) is 0. The van der Waals surface area contributed by atoms with Crippen LogP contribution in [0.1, 0.15) is 18.9 Å². The van der Waals surface area contributed by atoms with E-state index < -0.39 is 4.92 Å². The number of hydrogen-bond acceptors (Lipinski definition) is 5. The van der Waals surface area contributed by atoms with Crippen molar-refractivity contribution in [2.24, 2.45) is 5.10 Å². The average Bonchev–Trinajstić information content (AvgIpc) is 2.61. The molecule has 0 aromatic heterocycles. The van der Waals surface area contributed by atoms with Gasteiger partial charge >= 0.3 is 0 Å². The Morgan fingerprint density at radius 1 is 1.20 bits per heavy atom. The van der Waals surface area contributed by atoms with Crippen molar-refractivity contribution in [2.45, 2.75) is 18.2 Å². The van der Waals surface area contributed by atoms with Gasteiger partial charge in [0.15, 0.2) is 0 Å². The number of halogens is 1. The van der Waals surface area contributed by atoms with Gasteiger partial charge in [-0.05, 0) is 48.9 Å². The zero-order valence-electron chi connectivity index (χ0n) is 13.4. The molecule has 1 N–H and O–H groups in total. The molecule has 0 aliphatic carbocycles. The van der Waals surface area contributed by atoms with Crippen LogP contribution < -0.4 is 5.43 Å². The van der Waals surface area contributed by atoms with E-state index in [-0.39, 0.29) is 23.8 Å². The number of thioether (sulfide) groups is 1. The SMILES string of the molecule is C/C(=N/NC(=O)CCSc1ccc(F)cc1)c1ccc([N+](=O)[O-])cc1. The van der Waals surface area contributed by atoms with E-state index in [9.17, 15) is 19.3 Å². The van der Waals surface area contributed by atoms with Crippen molar-refractivity contribution in [2.75, 3.05) is 5.75 Å². The molecule has 0 fully saturated rings. The zero-order valence-corrected chi connectivity index (χ0v) is 14.3. The summed E-state index contributed by atoms with van der Waals surface area (Å²) in [5.74, 6) is 0.0119. The molecule has 0 aliphatic rings. The molecule has 8 heteroatoms. The fourth-order valence-electron chi connectivity index (χ4n) is 1.88. The molecule has 0 bridgehead atoms. The second kappa shape index (κ2) is 8.93. The van der Waals surface area contributed by atoms with E-state index >= 15 is 0 Å². The molecule has 0 saturated carbocycles. The largest absolute Gasteiger partial charge is 0.273 e.